The molecule has 2 aromatic carbocycles. The smallest absolute Gasteiger partial charge is 0.411 e. The van der Waals surface area contributed by atoms with Crippen molar-refractivity contribution in [3.63, 3.8) is 0 Å². The van der Waals surface area contributed by atoms with Gasteiger partial charge in [0.1, 0.15) is 5.82 Å². The third-order valence-corrected chi connectivity index (χ3v) is 3.63. The van der Waals surface area contributed by atoms with Gasteiger partial charge in [0.15, 0.2) is 0 Å². The Morgan fingerprint density at radius 3 is 2.61 bits per heavy atom. The number of hydrogen-bond acceptors (Lipinski definition) is 4. The Hall–Kier alpha value is -2.33. The van der Waals surface area contributed by atoms with E-state index in [1.165, 1.54) is 12.1 Å². The fourth-order valence-corrected chi connectivity index (χ4v) is 2.37. The van der Waals surface area contributed by atoms with Gasteiger partial charge in [-0.15, -0.1) is 0 Å². The van der Waals surface area contributed by atoms with Gasteiger partial charge in [-0.05, 0) is 52.2 Å². The van der Waals surface area contributed by atoms with Crippen LogP contribution in [0.5, 0.6) is 0 Å². The summed E-state index contributed by atoms with van der Waals surface area (Å²) in [7, 11) is 2.60. The van der Waals surface area contributed by atoms with Gasteiger partial charge < -0.3 is 15.1 Å². The standard InChI is InChI=1S/C16H19FN3O2P/c1-2-22-16(21)19-15-8-7-13(9-14(15)18)20(23)10-11-3-5-12(17)6-4-11/h3-9H,2,10,18,23H2,1H3,(H,19,21). The molecule has 7 heteroatoms. The first-order chi connectivity index (χ1) is 11.0. The predicted molar refractivity (Wildman–Crippen MR) is 93.8 cm³/mol. The van der Waals surface area contributed by atoms with Crippen molar-refractivity contribution in [3.8, 4) is 0 Å². The monoisotopic (exact) mass is 335 g/mol. The van der Waals surface area contributed by atoms with E-state index in [0.717, 1.165) is 11.3 Å². The van der Waals surface area contributed by atoms with E-state index in [-0.39, 0.29) is 5.82 Å². The molecule has 0 spiro atoms. The lowest BCUT2D eigenvalue weighted by Gasteiger charge is -2.20. The quantitative estimate of drug-likeness (QED) is 0.645. The number of carbonyl (C=O) groups excluding carboxylic acids is 1. The molecule has 0 aliphatic rings. The Kier molecular flexibility index (Phi) is 5.77. The highest BCUT2D eigenvalue weighted by atomic mass is 31.0. The minimum atomic E-state index is -0.541. The normalized spacial score (nSPS) is 10.2. The maximum Gasteiger partial charge on any atom is 0.411 e. The summed E-state index contributed by atoms with van der Waals surface area (Å²) in [5.41, 5.74) is 8.71. The van der Waals surface area contributed by atoms with E-state index in [4.69, 9.17) is 10.5 Å². The first kappa shape index (κ1) is 17.0. The molecule has 0 saturated heterocycles. The van der Waals surface area contributed by atoms with Crippen LogP contribution in [-0.4, -0.2) is 12.7 Å². The molecule has 1 unspecified atom stereocenters. The van der Waals surface area contributed by atoms with Crippen LogP contribution < -0.4 is 15.7 Å². The molecule has 0 heterocycles. The highest BCUT2D eigenvalue weighted by Gasteiger charge is 2.09. The summed E-state index contributed by atoms with van der Waals surface area (Å²) in [5.74, 6) is -0.261. The number of nitrogens with one attached hydrogen (secondary N) is 1. The van der Waals surface area contributed by atoms with Crippen molar-refractivity contribution in [1.82, 2.24) is 0 Å². The van der Waals surface area contributed by atoms with Crippen molar-refractivity contribution in [3.05, 3.63) is 53.8 Å². The van der Waals surface area contributed by atoms with E-state index in [1.54, 1.807) is 31.2 Å². The topological polar surface area (TPSA) is 67.6 Å². The summed E-state index contributed by atoms with van der Waals surface area (Å²) in [6.45, 7) is 2.60. The van der Waals surface area contributed by atoms with E-state index >= 15 is 0 Å². The molecule has 2 rings (SSSR count). The summed E-state index contributed by atoms with van der Waals surface area (Å²) in [5, 5.41) is 2.58. The van der Waals surface area contributed by atoms with E-state index in [1.807, 2.05) is 10.7 Å². The van der Waals surface area contributed by atoms with Crippen LogP contribution in [0.2, 0.25) is 0 Å². The van der Waals surface area contributed by atoms with Crippen LogP contribution in [0, 0.1) is 5.82 Å². The second-order valence-electron chi connectivity index (χ2n) is 4.87. The molecule has 0 radical (unpaired) electrons. The SMILES string of the molecule is CCOC(=O)Nc1ccc(N(P)Cc2ccc(F)cc2)cc1N. The molecular weight excluding hydrogens is 316 g/mol. The van der Waals surface area contributed by atoms with Crippen LogP contribution in [-0.2, 0) is 11.3 Å². The van der Waals surface area contributed by atoms with Crippen molar-refractivity contribution in [1.29, 1.82) is 0 Å². The zero-order valence-corrected chi connectivity index (χ0v) is 13.9. The van der Waals surface area contributed by atoms with Gasteiger partial charge in [0.2, 0.25) is 0 Å². The zero-order valence-electron chi connectivity index (χ0n) is 12.8. The molecular formula is C16H19FN3O2P. The lowest BCUT2D eigenvalue weighted by atomic mass is 10.2. The second kappa shape index (κ2) is 7.79. The van der Waals surface area contributed by atoms with Crippen LogP contribution >= 0.6 is 9.39 Å². The van der Waals surface area contributed by atoms with Crippen molar-refractivity contribution in [2.45, 2.75) is 13.5 Å². The van der Waals surface area contributed by atoms with Crippen LogP contribution in [0.4, 0.5) is 26.2 Å². The maximum atomic E-state index is 12.9. The Labute approximate surface area is 136 Å². The summed E-state index contributed by atoms with van der Waals surface area (Å²) in [4.78, 5) is 11.4. The maximum absolute atomic E-state index is 12.9. The molecule has 0 aromatic heterocycles. The van der Waals surface area contributed by atoms with Crippen LogP contribution in [0.25, 0.3) is 0 Å². The highest BCUT2D eigenvalue weighted by molar-refractivity contribution is 7.19. The number of anilines is 3. The van der Waals surface area contributed by atoms with Crippen molar-refractivity contribution < 1.29 is 13.9 Å². The minimum Gasteiger partial charge on any atom is -0.450 e. The summed E-state index contributed by atoms with van der Waals surface area (Å²) in [6.07, 6.45) is -0.541. The van der Waals surface area contributed by atoms with Gasteiger partial charge in [-0.2, -0.15) is 0 Å². The number of ether oxygens (including phenoxy) is 1. The van der Waals surface area contributed by atoms with Gasteiger partial charge in [-0.3, -0.25) is 5.32 Å². The third-order valence-electron chi connectivity index (χ3n) is 3.15. The van der Waals surface area contributed by atoms with Gasteiger partial charge in [-0.1, -0.05) is 12.1 Å². The van der Waals surface area contributed by atoms with E-state index in [0.29, 0.717) is 24.5 Å². The number of nitrogen functional groups attached to an aromatic ring is 1. The second-order valence-corrected chi connectivity index (χ2v) is 5.49. The average molecular weight is 335 g/mol. The molecule has 0 bridgehead atoms. The van der Waals surface area contributed by atoms with Crippen molar-refractivity contribution in [2.75, 3.05) is 22.3 Å². The summed E-state index contributed by atoms with van der Waals surface area (Å²) < 4.78 is 19.6. The number of halogens is 1. The molecule has 1 atom stereocenters. The highest BCUT2D eigenvalue weighted by Crippen LogP contribution is 2.28. The summed E-state index contributed by atoms with van der Waals surface area (Å²) >= 11 is 0. The number of amides is 1. The van der Waals surface area contributed by atoms with Crippen LogP contribution in [0.15, 0.2) is 42.5 Å². The number of carbonyl (C=O) groups is 1. The lowest BCUT2D eigenvalue weighted by molar-refractivity contribution is 0.168. The molecule has 122 valence electrons. The van der Waals surface area contributed by atoms with Crippen molar-refractivity contribution in [2.24, 2.45) is 0 Å². The first-order valence-electron chi connectivity index (χ1n) is 7.09. The van der Waals surface area contributed by atoms with E-state index in [9.17, 15) is 9.18 Å². The van der Waals surface area contributed by atoms with Gasteiger partial charge >= 0.3 is 6.09 Å². The van der Waals surface area contributed by atoms with Gasteiger partial charge in [-0.25, -0.2) is 9.18 Å². The fourth-order valence-electron chi connectivity index (χ4n) is 2.00. The molecule has 23 heavy (non-hydrogen) atoms. The van der Waals surface area contributed by atoms with Crippen LogP contribution in [0.3, 0.4) is 0 Å². The minimum absolute atomic E-state index is 0.261. The predicted octanol–water partition coefficient (Wildman–Crippen LogP) is 3.77. The average Bonchev–Trinajstić information content (AvgIpc) is 2.51. The van der Waals surface area contributed by atoms with Crippen LogP contribution in [0.1, 0.15) is 12.5 Å². The van der Waals surface area contributed by atoms with Gasteiger partial charge in [0, 0.05) is 12.2 Å². The van der Waals surface area contributed by atoms with E-state index < -0.39 is 6.09 Å². The molecule has 3 N–H and O–H groups in total. The molecule has 0 saturated carbocycles. The summed E-state index contributed by atoms with van der Waals surface area (Å²) in [6, 6.07) is 11.6. The Morgan fingerprint density at radius 1 is 1.30 bits per heavy atom. The number of benzene rings is 2. The number of rotatable bonds is 5. The van der Waals surface area contributed by atoms with Crippen molar-refractivity contribution >= 4 is 32.5 Å². The van der Waals surface area contributed by atoms with E-state index in [2.05, 4.69) is 14.7 Å². The lowest BCUT2D eigenvalue weighted by Crippen LogP contribution is -2.15. The Morgan fingerprint density at radius 2 is 2.00 bits per heavy atom. The third kappa shape index (κ3) is 4.83. The number of nitrogens with zero attached hydrogens (tertiary/aromatic N) is 1. The molecule has 0 aliphatic carbocycles. The Balaban J connectivity index is 2.06. The van der Waals surface area contributed by atoms with Gasteiger partial charge in [0.05, 0.1) is 18.0 Å². The fraction of sp³-hybridized carbons (Fsp3) is 0.188. The molecule has 5 nitrogen and oxygen atoms in total. The number of nitrogens with two attached hydrogens (primary N) is 1. The largest absolute Gasteiger partial charge is 0.450 e. The number of hydrogen-bond donors (Lipinski definition) is 2. The first-order valence-corrected chi connectivity index (χ1v) is 7.61. The molecule has 2 aromatic rings. The zero-order chi connectivity index (χ0) is 16.8. The molecule has 0 fully saturated rings. The Bertz CT molecular complexity index is 680. The van der Waals surface area contributed by atoms with Gasteiger partial charge in [0.25, 0.3) is 0 Å². The molecule has 1 amide bonds. The molecule has 0 aliphatic heterocycles.